The first-order chi connectivity index (χ1) is 16.3. The fourth-order valence-corrected chi connectivity index (χ4v) is 4.06. The Hall–Kier alpha value is -3.10. The van der Waals surface area contributed by atoms with E-state index in [-0.39, 0.29) is 29.3 Å². The molecule has 190 valence electrons. The highest BCUT2D eigenvalue weighted by Gasteiger charge is 2.53. The van der Waals surface area contributed by atoms with Gasteiger partial charge in [0.2, 0.25) is 0 Å². The molecule has 1 aromatic heterocycles. The summed E-state index contributed by atoms with van der Waals surface area (Å²) in [6, 6.07) is 2.77. The van der Waals surface area contributed by atoms with Crippen molar-refractivity contribution in [1.29, 1.82) is 0 Å². The van der Waals surface area contributed by atoms with Crippen molar-refractivity contribution in [1.82, 2.24) is 15.3 Å². The van der Waals surface area contributed by atoms with Crippen LogP contribution in [0.3, 0.4) is 0 Å². The number of fused-ring (bicyclic) bond motifs is 1. The number of halogens is 1. The molecule has 1 aromatic carbocycles. The highest BCUT2D eigenvalue weighted by Crippen LogP contribution is 2.40. The van der Waals surface area contributed by atoms with Crippen LogP contribution < -0.4 is 10.6 Å². The molecule has 0 bridgehead atoms. The van der Waals surface area contributed by atoms with E-state index in [1.54, 1.807) is 34.6 Å². The molecule has 1 fully saturated rings. The predicted octanol–water partition coefficient (Wildman–Crippen LogP) is 5.12. The molecule has 1 unspecified atom stereocenters. The molecule has 1 saturated carbocycles. The summed E-state index contributed by atoms with van der Waals surface area (Å²) in [5, 5.41) is 5.87. The summed E-state index contributed by atoms with van der Waals surface area (Å²) in [7, 11) is 0. The number of benzene rings is 1. The van der Waals surface area contributed by atoms with Crippen LogP contribution in [0.25, 0.3) is 11.0 Å². The normalized spacial score (nSPS) is 15.6. The maximum atomic E-state index is 14.9. The molecule has 1 aliphatic rings. The van der Waals surface area contributed by atoms with Gasteiger partial charge in [0.25, 0.3) is 0 Å². The number of hydrogen-bond acceptors (Lipinski definition) is 7. The summed E-state index contributed by atoms with van der Waals surface area (Å²) in [5.41, 5.74) is -0.686. The Morgan fingerprint density at radius 3 is 2.37 bits per heavy atom. The first kappa shape index (κ1) is 26.5. The lowest BCUT2D eigenvalue weighted by atomic mass is 9.87. The van der Waals surface area contributed by atoms with E-state index in [4.69, 9.17) is 4.74 Å². The molecule has 9 heteroatoms. The number of carbonyl (C=O) groups excluding carboxylic acids is 3. The lowest BCUT2D eigenvalue weighted by Gasteiger charge is -2.25. The van der Waals surface area contributed by atoms with Crippen molar-refractivity contribution in [2.45, 2.75) is 91.3 Å². The van der Waals surface area contributed by atoms with E-state index in [9.17, 15) is 18.8 Å². The Morgan fingerprint density at radius 1 is 1.17 bits per heavy atom. The molecule has 0 aliphatic heterocycles. The number of ketones is 2. The summed E-state index contributed by atoms with van der Waals surface area (Å²) < 4.78 is 20.2. The van der Waals surface area contributed by atoms with Crippen LogP contribution in [0, 0.1) is 18.7 Å². The van der Waals surface area contributed by atoms with Crippen molar-refractivity contribution in [3.8, 4) is 0 Å². The van der Waals surface area contributed by atoms with Crippen molar-refractivity contribution in [2.24, 2.45) is 5.92 Å². The molecule has 2 aromatic rings. The van der Waals surface area contributed by atoms with E-state index in [1.165, 1.54) is 12.1 Å². The highest BCUT2D eigenvalue weighted by atomic mass is 19.1. The number of alkyl carbamates (subject to hydrolysis) is 1. The molecule has 2 N–H and O–H groups in total. The molecule has 1 atom stereocenters. The first-order valence-electron chi connectivity index (χ1n) is 12.1. The number of carbonyl (C=O) groups is 3. The molecular formula is C26H35FN4O4. The number of anilines is 1. The van der Waals surface area contributed by atoms with Crippen molar-refractivity contribution >= 4 is 34.5 Å². The van der Waals surface area contributed by atoms with Crippen molar-refractivity contribution in [3.05, 3.63) is 29.2 Å². The van der Waals surface area contributed by atoms with E-state index in [2.05, 4.69) is 20.6 Å². The minimum Gasteiger partial charge on any atom is -0.444 e. The summed E-state index contributed by atoms with van der Waals surface area (Å²) in [5.74, 6) is -1.65. The Balaban J connectivity index is 1.86. The molecule has 0 saturated heterocycles. The van der Waals surface area contributed by atoms with Gasteiger partial charge in [-0.15, -0.1) is 0 Å². The summed E-state index contributed by atoms with van der Waals surface area (Å²) in [6.45, 7) is 12.7. The summed E-state index contributed by atoms with van der Waals surface area (Å²) >= 11 is 0. The van der Waals surface area contributed by atoms with Crippen molar-refractivity contribution in [3.63, 3.8) is 0 Å². The van der Waals surface area contributed by atoms with Gasteiger partial charge >= 0.3 is 6.09 Å². The zero-order chi connectivity index (χ0) is 26.1. The zero-order valence-electron chi connectivity index (χ0n) is 21.5. The number of amides is 1. The molecule has 3 rings (SSSR count). The number of aryl methyl sites for hydroxylation is 1. The fraction of sp³-hybridized carbons (Fsp3) is 0.577. The van der Waals surface area contributed by atoms with Crippen LogP contribution in [-0.4, -0.2) is 44.8 Å². The van der Waals surface area contributed by atoms with Gasteiger partial charge in [-0.2, -0.15) is 0 Å². The summed E-state index contributed by atoms with van der Waals surface area (Å²) in [4.78, 5) is 48.0. The van der Waals surface area contributed by atoms with Gasteiger partial charge in [0.1, 0.15) is 28.3 Å². The van der Waals surface area contributed by atoms with Gasteiger partial charge in [0, 0.05) is 18.4 Å². The smallest absolute Gasteiger partial charge is 0.408 e. The van der Waals surface area contributed by atoms with Gasteiger partial charge < -0.3 is 15.4 Å². The van der Waals surface area contributed by atoms with E-state index in [0.717, 1.165) is 0 Å². The maximum Gasteiger partial charge on any atom is 0.408 e. The molecule has 1 aliphatic carbocycles. The zero-order valence-corrected chi connectivity index (χ0v) is 21.5. The van der Waals surface area contributed by atoms with E-state index in [0.29, 0.717) is 36.3 Å². The number of nitrogens with zero attached hydrogens (tertiary/aromatic N) is 2. The first-order valence-corrected chi connectivity index (χ1v) is 12.1. The summed E-state index contributed by atoms with van der Waals surface area (Å²) in [6.07, 6.45) is 0.479. The maximum absolute atomic E-state index is 14.9. The molecule has 0 radical (unpaired) electrons. The molecule has 35 heavy (non-hydrogen) atoms. The van der Waals surface area contributed by atoms with Crippen molar-refractivity contribution < 1.29 is 23.5 Å². The molecule has 1 amide bonds. The monoisotopic (exact) mass is 486 g/mol. The lowest BCUT2D eigenvalue weighted by Crippen LogP contribution is -2.48. The number of Topliss-reactive ketones (excluding diaryl/α,β-unsaturated/α-hetero) is 2. The van der Waals surface area contributed by atoms with Gasteiger partial charge in [0.05, 0.1) is 16.8 Å². The van der Waals surface area contributed by atoms with E-state index < -0.39 is 34.8 Å². The van der Waals surface area contributed by atoms with Gasteiger partial charge in [-0.05, 0) is 72.9 Å². The Bertz CT molecular complexity index is 1150. The Morgan fingerprint density at radius 2 is 1.83 bits per heavy atom. The van der Waals surface area contributed by atoms with Crippen LogP contribution in [0.2, 0.25) is 0 Å². The number of aromatic nitrogens is 2. The Labute approximate surface area is 205 Å². The van der Waals surface area contributed by atoms with E-state index in [1.807, 2.05) is 13.8 Å². The van der Waals surface area contributed by atoms with Crippen LogP contribution in [0.15, 0.2) is 12.1 Å². The average molecular weight is 487 g/mol. The van der Waals surface area contributed by atoms with Crippen LogP contribution >= 0.6 is 0 Å². The molecular weight excluding hydrogens is 451 g/mol. The second kappa shape index (κ2) is 9.87. The van der Waals surface area contributed by atoms with Crippen LogP contribution in [0.4, 0.5) is 15.0 Å². The SMILES string of the molecule is CCC(CC(=O)c1c(F)ccc2nc(C)c(NC(C)C)nc12)C(=O)C1(NC(=O)OC(C)(C)C)CC1. The van der Waals surface area contributed by atoms with Crippen molar-refractivity contribution in [2.75, 3.05) is 5.32 Å². The minimum absolute atomic E-state index is 0.0717. The quantitative estimate of drug-likeness (QED) is 0.473. The second-order valence-electron chi connectivity index (χ2n) is 10.6. The average Bonchev–Trinajstić information content (AvgIpc) is 3.50. The molecule has 0 spiro atoms. The van der Waals surface area contributed by atoms with Gasteiger partial charge in [-0.1, -0.05) is 6.92 Å². The predicted molar refractivity (Wildman–Crippen MR) is 132 cm³/mol. The van der Waals surface area contributed by atoms with Gasteiger partial charge in [-0.3, -0.25) is 9.59 Å². The minimum atomic E-state index is -1.04. The standard InChI is InChI=1S/C26H35FN4O4/c1-8-16(22(33)26(11-12-26)31-24(34)35-25(5,6)7)13-19(32)20-17(27)9-10-18-21(20)30-23(15(4)29-18)28-14(2)3/h9-10,14,16H,8,11-13H2,1-7H3,(H,28,30)(H,31,34). The molecule has 1 heterocycles. The number of hydrogen-bond donors (Lipinski definition) is 2. The number of ether oxygens (including phenoxy) is 1. The third-order valence-corrected chi connectivity index (χ3v) is 5.92. The van der Waals surface area contributed by atoms with Gasteiger partial charge in [-0.25, -0.2) is 19.2 Å². The number of nitrogens with one attached hydrogen (secondary N) is 2. The van der Waals surface area contributed by atoms with Crippen LogP contribution in [0.5, 0.6) is 0 Å². The fourth-order valence-electron chi connectivity index (χ4n) is 4.06. The largest absolute Gasteiger partial charge is 0.444 e. The highest BCUT2D eigenvalue weighted by molar-refractivity contribution is 6.08. The number of rotatable bonds is 9. The van der Waals surface area contributed by atoms with Gasteiger partial charge in [0.15, 0.2) is 11.6 Å². The van der Waals surface area contributed by atoms with Crippen LogP contribution in [-0.2, 0) is 9.53 Å². The van der Waals surface area contributed by atoms with E-state index >= 15 is 0 Å². The molecule has 8 nitrogen and oxygen atoms in total. The Kier molecular flexibility index (Phi) is 7.48. The lowest BCUT2D eigenvalue weighted by molar-refractivity contribution is -0.126. The second-order valence-corrected chi connectivity index (χ2v) is 10.6. The topological polar surface area (TPSA) is 110 Å². The van der Waals surface area contributed by atoms with Crippen LogP contribution in [0.1, 0.15) is 83.3 Å². The third kappa shape index (κ3) is 6.13. The third-order valence-electron chi connectivity index (χ3n) is 5.92.